The van der Waals surface area contributed by atoms with E-state index in [4.69, 9.17) is 22.6 Å². The molecule has 2 fully saturated rings. The highest BCUT2D eigenvalue weighted by atomic mass is 32.2. The molecule has 8 rings (SSSR count). The van der Waals surface area contributed by atoms with Crippen molar-refractivity contribution >= 4 is 140 Å². The zero-order valence-electron chi connectivity index (χ0n) is 76.5. The normalized spacial score (nSPS) is 23.2. The van der Waals surface area contributed by atoms with Crippen LogP contribution in [0.3, 0.4) is 0 Å². The first-order chi connectivity index (χ1) is 63.4. The fourth-order valence-electron chi connectivity index (χ4n) is 15.9. The van der Waals surface area contributed by atoms with Crippen molar-refractivity contribution in [2.45, 2.75) is 223 Å². The van der Waals surface area contributed by atoms with Crippen LogP contribution in [0.4, 0.5) is 0 Å². The number of benzene rings is 4. The third-order valence-corrected chi connectivity index (χ3v) is 24.3. The number of aliphatic hydroxyl groups is 1. The molecule has 2 aliphatic heterocycles. The van der Waals surface area contributed by atoms with E-state index in [2.05, 4.69) is 73.4 Å². The molecule has 0 radical (unpaired) electrons. The van der Waals surface area contributed by atoms with Crippen LogP contribution in [0.5, 0.6) is 0 Å². The maximum absolute atomic E-state index is 15.7. The van der Waals surface area contributed by atoms with Crippen LogP contribution in [0.2, 0.25) is 0 Å². The predicted molar refractivity (Wildman–Crippen MR) is 502 cm³/mol. The number of amides is 17. The van der Waals surface area contributed by atoms with Crippen molar-refractivity contribution in [3.63, 3.8) is 0 Å². The summed E-state index contributed by atoms with van der Waals surface area (Å²) in [6, 6.07) is 8.51. The summed E-state index contributed by atoms with van der Waals surface area (Å²) in [6.07, 6.45) is 4.42. The van der Waals surface area contributed by atoms with E-state index in [1.807, 2.05) is 32.0 Å². The van der Waals surface area contributed by atoms with Crippen LogP contribution in [0, 0.1) is 11.3 Å². The molecule has 0 spiro atoms. The summed E-state index contributed by atoms with van der Waals surface area (Å²) >= 11 is 0.796. The van der Waals surface area contributed by atoms with Crippen LogP contribution in [0.25, 0.3) is 21.7 Å². The summed E-state index contributed by atoms with van der Waals surface area (Å²) in [4.78, 5) is 264. The number of nitrogens with zero attached hydrogens (tertiary/aromatic N) is 6. The molecule has 21 N–H and O–H groups in total. The zero-order chi connectivity index (χ0) is 97.3. The number of thioether (sulfide) groups is 1. The van der Waals surface area contributed by atoms with Gasteiger partial charge in [-0.25, -0.2) is 4.98 Å². The maximum atomic E-state index is 15.7. The second kappa shape index (κ2) is 52.6. The molecule has 0 aliphatic carbocycles. The summed E-state index contributed by atoms with van der Waals surface area (Å²) < 4.78 is 0. The number of imidazole rings is 1. The van der Waals surface area contributed by atoms with Crippen molar-refractivity contribution in [3.8, 4) is 0 Å². The van der Waals surface area contributed by atoms with Crippen molar-refractivity contribution in [2.75, 3.05) is 72.5 Å². The largest absolute Gasteiger partial charge is 0.394 e. The Labute approximate surface area is 783 Å². The van der Waals surface area contributed by atoms with E-state index in [1.165, 1.54) is 47.6 Å². The van der Waals surface area contributed by atoms with Gasteiger partial charge in [0.15, 0.2) is 5.96 Å². The number of guanidine groups is 1. The van der Waals surface area contributed by atoms with Gasteiger partial charge < -0.3 is 115 Å². The van der Waals surface area contributed by atoms with Gasteiger partial charge in [-0.05, 0) is 91.3 Å². The summed E-state index contributed by atoms with van der Waals surface area (Å²) in [7, 11) is 5.26. The van der Waals surface area contributed by atoms with Gasteiger partial charge in [-0.3, -0.25) is 86.9 Å². The van der Waals surface area contributed by atoms with E-state index >= 15 is 24.0 Å². The quantitative estimate of drug-likeness (QED) is 0.0179. The fraction of sp³-hybridized carbons (Fsp3) is 0.511. The minimum absolute atomic E-state index is 0. The SMILES string of the molecule is C.CCCC[C@H]1C(=O)N(C)[C@@H](CCCC)C(=O)N[C@@H](CCCNC(=N)N)C(=O)N[C@H](C(=O)NCC(N)=O)CSCC(=O)N[C@@H](Cc2ccccc2)C(=O)N(C)[C@@H](C)C(=O)N[C@@H](CC(N)=O)C(=O)N2CCC[C@H]2C(=O)N[C@@H](Cc2cnc[nH]2)C(=O)N[C@@H](CC(C)C)C(=O)N(C)CC(=O)N[C@@H](Cc2ccc3ccccc3c2)C(=O)N[C@@H](CO)C(=O)N[C@@H](Cc2c[nH]c3ccccc23)C(=O)N1C. The highest BCUT2D eigenvalue weighted by Crippen LogP contribution is 2.26. The number of unbranched alkanes of at least 4 members (excludes halogenated alkanes) is 2. The Hall–Kier alpha value is -13.5. The lowest BCUT2D eigenvalue weighted by Crippen LogP contribution is -2.61. The van der Waals surface area contributed by atoms with Gasteiger partial charge in [-0.2, -0.15) is 0 Å². The van der Waals surface area contributed by atoms with E-state index in [0.717, 1.165) is 47.0 Å². The van der Waals surface area contributed by atoms with Gasteiger partial charge in [0.2, 0.25) is 100 Å². The fourth-order valence-corrected chi connectivity index (χ4v) is 16.7. The first-order valence-corrected chi connectivity index (χ1v) is 45.8. The van der Waals surface area contributed by atoms with Gasteiger partial charge in [-0.1, -0.05) is 152 Å². The third kappa shape index (κ3) is 31.6. The summed E-state index contributed by atoms with van der Waals surface area (Å²) in [5.41, 5.74) is 19.4. The van der Waals surface area contributed by atoms with Gasteiger partial charge in [0.1, 0.15) is 78.5 Å². The maximum Gasteiger partial charge on any atom is 0.246 e. The number of nitrogens with one attached hydrogen (secondary N) is 14. The Bertz CT molecular complexity index is 5100. The number of aromatic nitrogens is 3. The number of para-hydroxylation sites is 1. The summed E-state index contributed by atoms with van der Waals surface area (Å²) in [5, 5.41) is 50.4. The molecular weight excluding hydrogens is 1750 g/mol. The van der Waals surface area contributed by atoms with E-state index in [-0.39, 0.29) is 97.1 Å². The first kappa shape index (κ1) is 107. The molecule has 17 amide bonds. The van der Waals surface area contributed by atoms with Crippen LogP contribution in [0.1, 0.15) is 141 Å². The molecule has 2 aliphatic rings. The van der Waals surface area contributed by atoms with Crippen LogP contribution in [-0.2, 0) is 107 Å². The summed E-state index contributed by atoms with van der Waals surface area (Å²) in [6.45, 7) is 5.94. The Morgan fingerprint density at radius 2 is 1.13 bits per heavy atom. The zero-order valence-corrected chi connectivity index (χ0v) is 77.3. The number of H-pyrrole nitrogens is 2. The van der Waals surface area contributed by atoms with E-state index in [0.29, 0.717) is 59.0 Å². The topological polar surface area (TPSA) is 605 Å². The monoisotopic (exact) mass is 1880 g/mol. The molecule has 13 atom stereocenters. The molecular formula is C92H131N23O18S. The molecule has 6 aromatic rings. The number of primary amides is 2. The summed E-state index contributed by atoms with van der Waals surface area (Å²) in [5.74, 6) is -17.1. The number of fused-ring (bicyclic) bond motifs is 3. The number of hydrogen-bond donors (Lipinski definition) is 18. The highest BCUT2D eigenvalue weighted by molar-refractivity contribution is 8.00. The van der Waals surface area contributed by atoms with Crippen LogP contribution >= 0.6 is 11.8 Å². The molecule has 0 saturated carbocycles. The van der Waals surface area contributed by atoms with E-state index in [1.54, 1.807) is 98.9 Å². The lowest BCUT2D eigenvalue weighted by atomic mass is 9.99. The van der Waals surface area contributed by atoms with Gasteiger partial charge >= 0.3 is 0 Å². The molecule has 0 unspecified atom stereocenters. The number of carbonyl (C=O) groups excluding carboxylic acids is 17. The minimum atomic E-state index is -1.85. The molecule has 2 aromatic heterocycles. The number of carbonyl (C=O) groups is 17. The molecule has 728 valence electrons. The number of rotatable bonds is 26. The number of likely N-dealkylation sites (N-methyl/N-ethyl adjacent to an activating group) is 4. The van der Waals surface area contributed by atoms with E-state index < -0.39 is 223 Å². The van der Waals surface area contributed by atoms with Crippen LogP contribution in [-0.4, -0.2) is 302 Å². The molecule has 0 bridgehead atoms. The molecule has 42 heteroatoms. The van der Waals surface area contributed by atoms with Gasteiger partial charge in [0.25, 0.3) is 0 Å². The predicted octanol–water partition coefficient (Wildman–Crippen LogP) is -0.830. The molecule has 2 saturated heterocycles. The molecule has 41 nitrogen and oxygen atoms in total. The van der Waals surface area contributed by atoms with Crippen molar-refractivity contribution in [1.29, 1.82) is 5.41 Å². The van der Waals surface area contributed by atoms with Crippen molar-refractivity contribution < 1.29 is 86.6 Å². The molecule has 4 aromatic carbocycles. The Balaban J connectivity index is 0.0000245. The average molecular weight is 1880 g/mol. The minimum Gasteiger partial charge on any atom is -0.394 e. The Morgan fingerprint density at radius 1 is 0.552 bits per heavy atom. The van der Waals surface area contributed by atoms with Gasteiger partial charge in [0, 0.05) is 102 Å². The Morgan fingerprint density at radius 3 is 1.79 bits per heavy atom. The first-order valence-electron chi connectivity index (χ1n) is 44.6. The van der Waals surface area contributed by atoms with Crippen LogP contribution < -0.4 is 75.7 Å². The van der Waals surface area contributed by atoms with Crippen molar-refractivity contribution in [2.24, 2.45) is 23.1 Å². The average Bonchev–Trinajstić information content (AvgIpc) is 1.77. The number of nitrogens with two attached hydrogens (primary N) is 3. The van der Waals surface area contributed by atoms with Gasteiger partial charge in [-0.15, -0.1) is 11.8 Å². The van der Waals surface area contributed by atoms with Crippen molar-refractivity contribution in [3.05, 3.63) is 138 Å². The lowest BCUT2D eigenvalue weighted by Gasteiger charge is -2.36. The number of aromatic amines is 2. The van der Waals surface area contributed by atoms with Crippen LogP contribution in [0.15, 0.2) is 116 Å². The Kier molecular flexibility index (Phi) is 42.2. The highest BCUT2D eigenvalue weighted by Gasteiger charge is 2.44. The number of hydrogen-bond acceptors (Lipinski definition) is 21. The molecule has 134 heavy (non-hydrogen) atoms. The van der Waals surface area contributed by atoms with Gasteiger partial charge in [0.05, 0.1) is 38.2 Å². The standard InChI is InChI=1S/C91H127N23O18S.CH4/c1-10-12-30-71-84(126)103-62(29-21-35-97-91(94)95)80(122)109-70(79(121)99-46-75(93)117)49-133-50-77(119)102-66(39-54-23-15-14-16-24-54)87(129)111(7)53(5)78(120)105-68(43-74(92)116)89(131)114-36-22-32-72(114)85(127)104-64(42-59-45-96-51-100-59)82(124)106-65(37-52(3)4)86(128)110(6)47-76(118)101-63(40-55-33-34-56-25-17-18-26-57(56)38-55)81(123)108-69(48-115)83(125)107-67(41-58-44-98-61-28-20-19-27-60(58)61)88(130)113(9)73(31-13-11-2)90(132)112(71)8;/h14-20,23-28,33-34,38,44-45,51-53,62-73,98,115H,10-13,21-22,29-32,35-37,39-43,46-50H2,1-9H3,(H2,92,116)(H2,93,117)(H,96,100)(H,99,121)(H,101,118)(H,102,119)(H,103,126)(H,104,127)(H,105,120)(H,106,124)(H,107,125)(H,108,123)(H,109,122)(H4,94,95,97);1H4/t53-,62-,63-,64-,65-,66-,67-,68-,69-,70-,71-,72-,73-;/m0./s1. The third-order valence-electron chi connectivity index (χ3n) is 23.3. The second-order valence-corrected chi connectivity index (χ2v) is 35.0. The number of aliphatic hydroxyl groups excluding tert-OH is 1. The van der Waals surface area contributed by atoms with E-state index in [9.17, 15) is 62.6 Å². The lowest BCUT2D eigenvalue weighted by molar-refractivity contribution is -0.149. The second-order valence-electron chi connectivity index (χ2n) is 34.0. The molecule has 4 heterocycles. The van der Waals surface area contributed by atoms with Crippen molar-refractivity contribution in [1.82, 2.24) is 97.9 Å². The smallest absolute Gasteiger partial charge is 0.246 e.